The van der Waals surface area contributed by atoms with Gasteiger partial charge in [0.1, 0.15) is 0 Å². The number of nitrogens with zero attached hydrogens (tertiary/aromatic N) is 8. The third-order valence-electron chi connectivity index (χ3n) is 15.9. The van der Waals surface area contributed by atoms with Gasteiger partial charge in [0.2, 0.25) is 13.4 Å². The molecular weight excluding hydrogens is 1330 g/mol. The van der Waals surface area contributed by atoms with Gasteiger partial charge in [0.15, 0.2) is 23.0 Å². The number of rotatable bonds is 4. The van der Waals surface area contributed by atoms with Crippen LogP contribution in [0.1, 0.15) is 0 Å². The Morgan fingerprint density at radius 2 is 0.526 bits per heavy atom. The summed E-state index contributed by atoms with van der Waals surface area (Å²) in [6, 6.07) is 65.8. The molecule has 0 bridgehead atoms. The number of anilines is 12. The molecule has 0 unspecified atom stereocenters. The summed E-state index contributed by atoms with van der Waals surface area (Å²) < 4.78 is 29.2. The Hall–Kier alpha value is -7.91. The minimum Gasteiger partial charge on any atom is -0.514 e. The van der Waals surface area contributed by atoms with Crippen molar-refractivity contribution in [1.29, 1.82) is 0 Å². The van der Waals surface area contributed by atoms with Gasteiger partial charge in [0, 0.05) is 79.4 Å². The van der Waals surface area contributed by atoms with Crippen LogP contribution >= 0.6 is 0 Å². The molecule has 8 aliphatic heterocycles. The van der Waals surface area contributed by atoms with Crippen LogP contribution in [0.5, 0.6) is 46.0 Å². The third-order valence-corrected chi connectivity index (χ3v) is 15.9. The Balaban J connectivity index is 0.00000264. The number of ether oxygens (including phenoxy) is 4. The molecule has 0 spiro atoms. The molecule has 17 rings (SSSR count). The second kappa shape index (κ2) is 17.3. The van der Waals surface area contributed by atoms with Crippen molar-refractivity contribution < 1.29 is 61.1 Å². The van der Waals surface area contributed by atoms with Crippen molar-refractivity contribution in [3.63, 3.8) is 0 Å². The minimum atomic E-state index is -0.466. The Kier molecular flexibility index (Phi) is 10.5. The summed E-state index contributed by atoms with van der Waals surface area (Å²) >= 11 is 0. The Labute approximate surface area is 482 Å². The van der Waals surface area contributed by atoms with E-state index in [4.69, 9.17) is 18.9 Å². The SMILES string of the molecule is CN1[CH-]N(c2[c-]c3c(cc2)Oc2c4c5c(c6c2B3c2[c-]c(N3[CH-]N(C)c7ccccc73)ccc2O6)Oc2ccc(N3[CH-]N(C)c6ccccc63)[c-]c2B5c2[c-]c(N3[CH-]N(C)c5ccccc53)ccc2O4)c2ccccc21.[Pt+4].[Pt+4]. The van der Waals surface area contributed by atoms with E-state index in [2.05, 4.69) is 264 Å². The summed E-state index contributed by atoms with van der Waals surface area (Å²) in [6.07, 6.45) is 0. The second-order valence-corrected chi connectivity index (χ2v) is 20.2. The molecule has 8 aliphatic rings. The number of hydrogen-bond donors (Lipinski definition) is 0. The van der Waals surface area contributed by atoms with Gasteiger partial charge in [-0.3, -0.25) is 0 Å². The van der Waals surface area contributed by atoms with E-state index in [-0.39, 0.29) is 42.1 Å². The van der Waals surface area contributed by atoms with E-state index in [0.717, 1.165) is 101 Å². The van der Waals surface area contributed by atoms with Gasteiger partial charge in [0.25, 0.3) is 0 Å². The maximum atomic E-state index is 7.30. The molecule has 0 radical (unpaired) electrons. The Bertz CT molecular complexity index is 3550. The molecule has 0 aliphatic carbocycles. The molecule has 378 valence electrons. The fourth-order valence-electron chi connectivity index (χ4n) is 12.5. The summed E-state index contributed by atoms with van der Waals surface area (Å²) in [4.78, 5) is 17.3. The van der Waals surface area contributed by atoms with Crippen LogP contribution in [-0.4, -0.2) is 41.6 Å². The van der Waals surface area contributed by atoms with Crippen molar-refractivity contribution in [3.05, 3.63) is 197 Å². The number of para-hydroxylation sites is 8. The van der Waals surface area contributed by atoms with Crippen LogP contribution in [0.15, 0.2) is 146 Å². The van der Waals surface area contributed by atoms with Crippen LogP contribution in [0, 0.1) is 50.9 Å². The quantitative estimate of drug-likeness (QED) is 0.125. The molecule has 0 atom stereocenters. The van der Waals surface area contributed by atoms with Crippen molar-refractivity contribution in [3.8, 4) is 46.0 Å². The van der Waals surface area contributed by atoms with Crippen molar-refractivity contribution >= 4 is 114 Å². The van der Waals surface area contributed by atoms with E-state index < -0.39 is 13.4 Å². The standard InChI is InChI=1S/C62H40B2N8O4.2Pt/c1-65-33-69(49-17-9-5-13-45(49)65)37-21-25-53-41(29-37)63-42-30-38(70-34-66(2)46-14-6-10-18-50(46)70)22-26-54(42)74-60-57(63)59(73-53)61-58-62(60)76-56-28-24-40(72-36-68(4)48-16-8-12-20-52(48)72)32-44(56)64(58)43-31-39(23-27-55(43)75-61)71-35-67(3)47-15-7-11-19-51(47)71;;/h5-28,33-36H,1-4H3;;/q-8;2*+4. The third kappa shape index (κ3) is 6.56. The van der Waals surface area contributed by atoms with Crippen LogP contribution in [0.2, 0.25) is 0 Å². The van der Waals surface area contributed by atoms with Gasteiger partial charge in [-0.25, -0.2) is 0 Å². The molecule has 16 heteroatoms. The first-order valence-corrected chi connectivity index (χ1v) is 25.4. The van der Waals surface area contributed by atoms with Crippen LogP contribution in [0.3, 0.4) is 0 Å². The monoisotopic (exact) mass is 1370 g/mol. The summed E-state index contributed by atoms with van der Waals surface area (Å²) in [5.41, 5.74) is 17.1. The van der Waals surface area contributed by atoms with Crippen LogP contribution in [0.25, 0.3) is 0 Å². The molecule has 0 amide bonds. The zero-order valence-electron chi connectivity index (χ0n) is 42.2. The largest absolute Gasteiger partial charge is 4.00 e. The first-order valence-electron chi connectivity index (χ1n) is 25.4. The van der Waals surface area contributed by atoms with Gasteiger partial charge in [-0.2, -0.15) is 50.9 Å². The van der Waals surface area contributed by atoms with Crippen molar-refractivity contribution in [2.24, 2.45) is 0 Å². The Morgan fingerprint density at radius 3 is 0.756 bits per heavy atom. The molecule has 0 aromatic heterocycles. The van der Waals surface area contributed by atoms with Gasteiger partial charge >= 0.3 is 42.1 Å². The zero-order chi connectivity index (χ0) is 50.2. The van der Waals surface area contributed by atoms with Crippen molar-refractivity contribution in [1.82, 2.24) is 0 Å². The number of fused-ring (bicyclic) bond motifs is 14. The average Bonchev–Trinajstić information content (AvgIpc) is 4.01. The van der Waals surface area contributed by atoms with Crippen LogP contribution < -0.4 is 90.9 Å². The van der Waals surface area contributed by atoms with E-state index in [1.54, 1.807) is 0 Å². The summed E-state index contributed by atoms with van der Waals surface area (Å²) in [6.45, 7) is 7.48. The van der Waals surface area contributed by atoms with Crippen LogP contribution in [-0.2, 0) is 42.1 Å². The van der Waals surface area contributed by atoms with E-state index in [1.807, 2.05) is 0 Å². The first kappa shape index (κ1) is 47.3. The molecule has 0 saturated heterocycles. The van der Waals surface area contributed by atoms with Gasteiger partial charge in [0.05, 0.1) is 0 Å². The minimum absolute atomic E-state index is 0. The predicted octanol–water partition coefficient (Wildman–Crippen LogP) is 9.17. The van der Waals surface area contributed by atoms with E-state index >= 15 is 0 Å². The zero-order valence-corrected chi connectivity index (χ0v) is 46.7. The molecule has 12 nitrogen and oxygen atoms in total. The number of benzene rings is 9. The summed E-state index contributed by atoms with van der Waals surface area (Å²) in [7, 11) is 8.28. The topological polar surface area (TPSA) is 62.8 Å². The molecule has 0 saturated carbocycles. The molecule has 9 aromatic carbocycles. The average molecular weight is 1370 g/mol. The smallest absolute Gasteiger partial charge is 0.514 e. The fourth-order valence-corrected chi connectivity index (χ4v) is 12.5. The molecule has 0 fully saturated rings. The van der Waals surface area contributed by atoms with Gasteiger partial charge in [-0.15, -0.1) is 93.1 Å². The molecular formula is C62H40B2N8O4Pt2. The second-order valence-electron chi connectivity index (χ2n) is 20.2. The van der Waals surface area contributed by atoms with Crippen molar-refractivity contribution in [2.45, 2.75) is 0 Å². The maximum absolute atomic E-state index is 7.30. The first-order chi connectivity index (χ1) is 37.3. The van der Waals surface area contributed by atoms with Crippen LogP contribution in [0.4, 0.5) is 68.2 Å². The van der Waals surface area contributed by atoms with Gasteiger partial charge in [-0.05, 0) is 76.7 Å². The Morgan fingerprint density at radius 1 is 0.308 bits per heavy atom. The molecule has 8 heterocycles. The summed E-state index contributed by atoms with van der Waals surface area (Å²) in [5.74, 6) is 4.87. The van der Waals surface area contributed by atoms with Gasteiger partial charge < -0.3 is 58.1 Å². The number of hydrogen-bond acceptors (Lipinski definition) is 12. The van der Waals surface area contributed by atoms with Crippen molar-refractivity contribution in [2.75, 3.05) is 67.4 Å². The fraction of sp³-hybridized carbons (Fsp3) is 0.0645. The molecule has 9 aromatic rings. The van der Waals surface area contributed by atoms with Gasteiger partial charge in [-0.1, -0.05) is 48.5 Å². The summed E-state index contributed by atoms with van der Waals surface area (Å²) in [5, 5.41) is 0. The van der Waals surface area contributed by atoms with E-state index in [0.29, 0.717) is 46.0 Å². The molecule has 0 N–H and O–H groups in total. The van der Waals surface area contributed by atoms with E-state index in [9.17, 15) is 0 Å². The normalized spacial score (nSPS) is 15.7. The molecule has 78 heavy (non-hydrogen) atoms. The predicted molar refractivity (Wildman–Crippen MR) is 302 cm³/mol. The maximum Gasteiger partial charge on any atom is 4.00 e. The van der Waals surface area contributed by atoms with E-state index in [1.165, 1.54) is 0 Å².